The van der Waals surface area contributed by atoms with Crippen LogP contribution in [0.2, 0.25) is 0 Å². The smallest absolute Gasteiger partial charge is 0.338 e. The molecule has 6 nitrogen and oxygen atoms in total. The van der Waals surface area contributed by atoms with Gasteiger partial charge in [-0.1, -0.05) is 49.2 Å². The summed E-state index contributed by atoms with van der Waals surface area (Å²) >= 11 is 0. The zero-order chi connectivity index (χ0) is 20.3. The first-order valence-corrected chi connectivity index (χ1v) is 9.10. The van der Waals surface area contributed by atoms with Gasteiger partial charge in [0.1, 0.15) is 0 Å². The number of rotatable bonds is 6. The van der Waals surface area contributed by atoms with E-state index in [0.29, 0.717) is 12.2 Å². The summed E-state index contributed by atoms with van der Waals surface area (Å²) in [5, 5.41) is 10.3. The van der Waals surface area contributed by atoms with Gasteiger partial charge < -0.3 is 9.84 Å². The van der Waals surface area contributed by atoms with Crippen molar-refractivity contribution in [3.63, 3.8) is 0 Å². The molecule has 1 aliphatic heterocycles. The van der Waals surface area contributed by atoms with E-state index in [-0.39, 0.29) is 16.8 Å². The first-order valence-electron chi connectivity index (χ1n) is 9.10. The maximum Gasteiger partial charge on any atom is 0.338 e. The number of nitrogens with zero attached hydrogens (tertiary/aromatic N) is 1. The van der Waals surface area contributed by atoms with E-state index in [9.17, 15) is 19.5 Å². The fourth-order valence-electron chi connectivity index (χ4n) is 2.90. The van der Waals surface area contributed by atoms with Crippen LogP contribution in [0.4, 0.5) is 5.69 Å². The zero-order valence-corrected chi connectivity index (χ0v) is 15.8. The van der Waals surface area contributed by atoms with Crippen molar-refractivity contribution in [2.45, 2.75) is 26.7 Å². The molecule has 3 rings (SSSR count). The normalized spacial score (nSPS) is 14.0. The summed E-state index contributed by atoms with van der Waals surface area (Å²) in [4.78, 5) is 38.4. The molecule has 0 atom stereocenters. The van der Waals surface area contributed by atoms with Gasteiger partial charge in [-0.25, -0.2) is 9.69 Å². The lowest BCUT2D eigenvalue weighted by atomic mass is 10.0. The lowest BCUT2D eigenvalue weighted by Crippen LogP contribution is -2.31. The van der Waals surface area contributed by atoms with Gasteiger partial charge >= 0.3 is 11.9 Å². The monoisotopic (exact) mass is 379 g/mol. The third-order valence-corrected chi connectivity index (χ3v) is 4.47. The van der Waals surface area contributed by atoms with Crippen LogP contribution in [0.1, 0.15) is 41.3 Å². The van der Waals surface area contributed by atoms with Crippen LogP contribution in [-0.2, 0) is 14.3 Å². The summed E-state index contributed by atoms with van der Waals surface area (Å²) in [5.41, 5.74) is 1.83. The number of aliphatic hydroxyl groups is 1. The number of unbranched alkanes of at least 4 members (excludes halogenated alkanes) is 1. The molecule has 0 saturated carbocycles. The molecule has 0 aliphatic carbocycles. The highest BCUT2D eigenvalue weighted by Crippen LogP contribution is 2.32. The molecular formula is C22H21NO5. The molecule has 2 aromatic rings. The van der Waals surface area contributed by atoms with Crippen LogP contribution in [-0.4, -0.2) is 29.5 Å². The zero-order valence-electron chi connectivity index (χ0n) is 15.8. The third-order valence-electron chi connectivity index (χ3n) is 4.47. The second-order valence-corrected chi connectivity index (χ2v) is 6.58. The maximum atomic E-state index is 12.9. The molecule has 0 radical (unpaired) electrons. The standard InChI is InChI=1S/C22H21NO5/c1-3-4-12-28-22(27)16-6-5-7-17(13-16)23-20(25)18(19(24)21(23)26)15-10-8-14(2)9-11-15/h5-11,13,24H,3-4,12H2,1-2H3. The van der Waals surface area contributed by atoms with Crippen molar-refractivity contribution in [3.05, 3.63) is 71.0 Å². The number of ether oxygens (including phenoxy) is 1. The van der Waals surface area contributed by atoms with Crippen LogP contribution in [0.15, 0.2) is 54.3 Å². The average molecular weight is 379 g/mol. The number of aliphatic hydroxyl groups excluding tert-OH is 1. The molecule has 2 aromatic carbocycles. The molecular weight excluding hydrogens is 358 g/mol. The number of carbonyl (C=O) groups is 3. The number of imide groups is 1. The van der Waals surface area contributed by atoms with Crippen molar-refractivity contribution in [2.75, 3.05) is 11.5 Å². The summed E-state index contributed by atoms with van der Waals surface area (Å²) < 4.78 is 5.18. The summed E-state index contributed by atoms with van der Waals surface area (Å²) in [5.74, 6) is -2.59. The van der Waals surface area contributed by atoms with Gasteiger partial charge in [-0.05, 0) is 37.1 Å². The Morgan fingerprint density at radius 2 is 1.79 bits per heavy atom. The minimum atomic E-state index is -0.822. The highest BCUT2D eigenvalue weighted by Gasteiger charge is 2.40. The molecule has 6 heteroatoms. The fraction of sp³-hybridized carbons (Fsp3) is 0.227. The molecule has 1 N–H and O–H groups in total. The number of amides is 2. The largest absolute Gasteiger partial charge is 0.502 e. The lowest BCUT2D eigenvalue weighted by Gasteiger charge is -2.15. The summed E-state index contributed by atoms with van der Waals surface area (Å²) in [6.45, 7) is 4.20. The molecule has 0 fully saturated rings. The number of hydrogen-bond acceptors (Lipinski definition) is 5. The predicted octanol–water partition coefficient (Wildman–Crippen LogP) is 3.79. The molecule has 2 amide bonds. The van der Waals surface area contributed by atoms with E-state index in [0.717, 1.165) is 23.3 Å². The van der Waals surface area contributed by atoms with E-state index in [1.54, 1.807) is 36.4 Å². The second kappa shape index (κ2) is 8.08. The van der Waals surface area contributed by atoms with E-state index >= 15 is 0 Å². The van der Waals surface area contributed by atoms with Gasteiger partial charge in [-0.3, -0.25) is 9.59 Å². The van der Waals surface area contributed by atoms with Gasteiger partial charge in [0.15, 0.2) is 5.76 Å². The van der Waals surface area contributed by atoms with E-state index < -0.39 is 23.5 Å². The summed E-state index contributed by atoms with van der Waals surface area (Å²) in [6.07, 6.45) is 1.66. The van der Waals surface area contributed by atoms with Gasteiger partial charge in [-0.15, -0.1) is 0 Å². The first kappa shape index (κ1) is 19.4. The Balaban J connectivity index is 1.88. The van der Waals surface area contributed by atoms with E-state index in [2.05, 4.69) is 0 Å². The first-order chi connectivity index (χ1) is 13.4. The minimum absolute atomic E-state index is 0.0547. The van der Waals surface area contributed by atoms with Gasteiger partial charge in [0.05, 0.1) is 23.4 Å². The molecule has 0 aromatic heterocycles. The van der Waals surface area contributed by atoms with Crippen molar-refractivity contribution in [1.82, 2.24) is 0 Å². The molecule has 1 aliphatic rings. The Bertz CT molecular complexity index is 959. The van der Waals surface area contributed by atoms with E-state index in [1.807, 2.05) is 13.8 Å². The van der Waals surface area contributed by atoms with Crippen LogP contribution in [0.3, 0.4) is 0 Å². The second-order valence-electron chi connectivity index (χ2n) is 6.58. The van der Waals surface area contributed by atoms with E-state index in [1.165, 1.54) is 12.1 Å². The van der Waals surface area contributed by atoms with Crippen LogP contribution in [0.25, 0.3) is 5.57 Å². The minimum Gasteiger partial charge on any atom is -0.502 e. The number of benzene rings is 2. The lowest BCUT2D eigenvalue weighted by molar-refractivity contribution is -0.121. The Morgan fingerprint density at radius 3 is 2.46 bits per heavy atom. The average Bonchev–Trinajstić information content (AvgIpc) is 2.91. The summed E-state index contributed by atoms with van der Waals surface area (Å²) in [6, 6.07) is 13.0. The van der Waals surface area contributed by atoms with Gasteiger partial charge in [0.25, 0.3) is 5.91 Å². The van der Waals surface area contributed by atoms with Gasteiger partial charge in [-0.2, -0.15) is 0 Å². The molecule has 1 heterocycles. The number of carbonyl (C=O) groups excluding carboxylic acids is 3. The van der Waals surface area contributed by atoms with Crippen LogP contribution >= 0.6 is 0 Å². The van der Waals surface area contributed by atoms with Crippen LogP contribution in [0, 0.1) is 6.92 Å². The number of esters is 1. The number of anilines is 1. The van der Waals surface area contributed by atoms with Crippen molar-refractivity contribution in [3.8, 4) is 0 Å². The highest BCUT2D eigenvalue weighted by atomic mass is 16.5. The SMILES string of the molecule is CCCCOC(=O)c1cccc(N2C(=O)C(O)=C(c3ccc(C)cc3)C2=O)c1. The van der Waals surface area contributed by atoms with Crippen LogP contribution in [0.5, 0.6) is 0 Å². The Morgan fingerprint density at radius 1 is 1.07 bits per heavy atom. The number of aryl methyl sites for hydroxylation is 1. The molecule has 144 valence electrons. The van der Waals surface area contributed by atoms with Crippen molar-refractivity contribution < 1.29 is 24.2 Å². The van der Waals surface area contributed by atoms with Crippen LogP contribution < -0.4 is 4.90 Å². The highest BCUT2D eigenvalue weighted by molar-refractivity contribution is 6.44. The molecule has 0 spiro atoms. The molecule has 0 unspecified atom stereocenters. The fourth-order valence-corrected chi connectivity index (χ4v) is 2.90. The molecule has 28 heavy (non-hydrogen) atoms. The maximum absolute atomic E-state index is 12.9. The third kappa shape index (κ3) is 3.67. The molecule has 0 bridgehead atoms. The Kier molecular flexibility index (Phi) is 5.59. The summed E-state index contributed by atoms with van der Waals surface area (Å²) in [7, 11) is 0. The van der Waals surface area contributed by atoms with Gasteiger partial charge in [0, 0.05) is 0 Å². The quantitative estimate of drug-likeness (QED) is 0.469. The topological polar surface area (TPSA) is 83.9 Å². The number of hydrogen-bond donors (Lipinski definition) is 1. The van der Waals surface area contributed by atoms with E-state index in [4.69, 9.17) is 4.74 Å². The predicted molar refractivity (Wildman–Crippen MR) is 105 cm³/mol. The van der Waals surface area contributed by atoms with Crippen molar-refractivity contribution in [1.29, 1.82) is 0 Å². The van der Waals surface area contributed by atoms with Gasteiger partial charge in [0.2, 0.25) is 0 Å². The molecule has 0 saturated heterocycles. The Labute approximate surface area is 163 Å². The van der Waals surface area contributed by atoms with Crippen molar-refractivity contribution >= 4 is 29.0 Å². The van der Waals surface area contributed by atoms with Crippen molar-refractivity contribution in [2.24, 2.45) is 0 Å². The Hall–Kier alpha value is -3.41.